The van der Waals surface area contributed by atoms with Crippen LogP contribution in [0.4, 0.5) is 4.79 Å². The van der Waals surface area contributed by atoms with Gasteiger partial charge in [-0.2, -0.15) is 0 Å². The van der Waals surface area contributed by atoms with E-state index in [1.54, 1.807) is 11.8 Å². The summed E-state index contributed by atoms with van der Waals surface area (Å²) in [5, 5.41) is 0. The third-order valence-corrected chi connectivity index (χ3v) is 3.92. The summed E-state index contributed by atoms with van der Waals surface area (Å²) in [5.74, 6) is 0.0446. The second kappa shape index (κ2) is 7.29. The number of hydrogen-bond acceptors (Lipinski definition) is 3. The summed E-state index contributed by atoms with van der Waals surface area (Å²) in [5.41, 5.74) is 2.89. The summed E-state index contributed by atoms with van der Waals surface area (Å²) >= 11 is 0. The van der Waals surface area contributed by atoms with Gasteiger partial charge in [-0.3, -0.25) is 4.79 Å². The van der Waals surface area contributed by atoms with Gasteiger partial charge in [0, 0.05) is 31.7 Å². The lowest BCUT2D eigenvalue weighted by molar-refractivity contribution is 0.0753. The summed E-state index contributed by atoms with van der Waals surface area (Å²) in [6.45, 7) is 8.53. The van der Waals surface area contributed by atoms with Crippen molar-refractivity contribution in [2.24, 2.45) is 0 Å². The first kappa shape index (κ1) is 16.3. The molecule has 1 saturated heterocycles. The molecular formula is C17H24N2O3. The standard InChI is InChI=1S/C17H24N2O3/c1-4-22-17(21)19-9-5-8-18(10-11-19)16(20)15-7-6-13(2)12-14(15)3/h6-7,12H,4-5,8-11H2,1-3H3. The van der Waals surface area contributed by atoms with Gasteiger partial charge < -0.3 is 14.5 Å². The van der Waals surface area contributed by atoms with E-state index in [1.165, 1.54) is 0 Å². The first-order valence-corrected chi connectivity index (χ1v) is 7.81. The molecule has 0 N–H and O–H groups in total. The molecule has 2 rings (SSSR count). The molecular weight excluding hydrogens is 280 g/mol. The second-order valence-electron chi connectivity index (χ2n) is 5.65. The Kier molecular flexibility index (Phi) is 5.41. The average molecular weight is 304 g/mol. The lowest BCUT2D eigenvalue weighted by Crippen LogP contribution is -2.37. The Morgan fingerprint density at radius 3 is 2.45 bits per heavy atom. The van der Waals surface area contributed by atoms with Crippen LogP contribution in [0.15, 0.2) is 18.2 Å². The molecule has 1 fully saturated rings. The van der Waals surface area contributed by atoms with Crippen molar-refractivity contribution < 1.29 is 14.3 Å². The van der Waals surface area contributed by atoms with Crippen molar-refractivity contribution in [2.45, 2.75) is 27.2 Å². The molecule has 1 aliphatic rings. The number of aryl methyl sites for hydroxylation is 2. The van der Waals surface area contributed by atoms with E-state index in [-0.39, 0.29) is 12.0 Å². The number of rotatable bonds is 2. The van der Waals surface area contributed by atoms with Gasteiger partial charge in [0.2, 0.25) is 0 Å². The summed E-state index contributed by atoms with van der Waals surface area (Å²) in [6.07, 6.45) is 0.485. The largest absolute Gasteiger partial charge is 0.450 e. The van der Waals surface area contributed by atoms with Crippen molar-refractivity contribution in [3.63, 3.8) is 0 Å². The van der Waals surface area contributed by atoms with E-state index in [2.05, 4.69) is 0 Å². The van der Waals surface area contributed by atoms with Crippen LogP contribution in [-0.4, -0.2) is 54.6 Å². The highest BCUT2D eigenvalue weighted by atomic mass is 16.6. The lowest BCUT2D eigenvalue weighted by Gasteiger charge is -2.22. The molecule has 0 unspecified atom stereocenters. The summed E-state index contributed by atoms with van der Waals surface area (Å²) < 4.78 is 5.03. The highest BCUT2D eigenvalue weighted by molar-refractivity contribution is 5.95. The van der Waals surface area contributed by atoms with E-state index >= 15 is 0 Å². The Hall–Kier alpha value is -2.04. The minimum atomic E-state index is -0.289. The molecule has 0 aliphatic carbocycles. The average Bonchev–Trinajstić information content (AvgIpc) is 2.73. The van der Waals surface area contributed by atoms with Crippen LogP contribution in [-0.2, 0) is 4.74 Å². The van der Waals surface area contributed by atoms with E-state index < -0.39 is 0 Å². The molecule has 2 amide bonds. The van der Waals surface area contributed by atoms with Gasteiger partial charge >= 0.3 is 6.09 Å². The Morgan fingerprint density at radius 2 is 1.77 bits per heavy atom. The fourth-order valence-electron chi connectivity index (χ4n) is 2.74. The first-order valence-electron chi connectivity index (χ1n) is 7.81. The number of amides is 2. The summed E-state index contributed by atoms with van der Waals surface area (Å²) in [6, 6.07) is 5.87. The van der Waals surface area contributed by atoms with Gasteiger partial charge in [-0.1, -0.05) is 17.7 Å². The quantitative estimate of drug-likeness (QED) is 0.844. The highest BCUT2D eigenvalue weighted by Crippen LogP contribution is 2.15. The van der Waals surface area contributed by atoms with Crippen LogP contribution in [0.1, 0.15) is 34.8 Å². The van der Waals surface area contributed by atoms with Crippen LogP contribution >= 0.6 is 0 Å². The van der Waals surface area contributed by atoms with Gasteiger partial charge in [-0.25, -0.2) is 4.79 Å². The fourth-order valence-corrected chi connectivity index (χ4v) is 2.74. The molecule has 1 aromatic carbocycles. The summed E-state index contributed by atoms with van der Waals surface area (Å²) in [7, 11) is 0. The molecule has 0 bridgehead atoms. The van der Waals surface area contributed by atoms with Gasteiger partial charge in [-0.05, 0) is 38.8 Å². The van der Waals surface area contributed by atoms with Crippen molar-refractivity contribution in [1.82, 2.24) is 9.80 Å². The molecule has 0 radical (unpaired) electrons. The van der Waals surface area contributed by atoms with E-state index in [1.807, 2.05) is 36.9 Å². The minimum Gasteiger partial charge on any atom is -0.450 e. The lowest BCUT2D eigenvalue weighted by atomic mass is 10.0. The van der Waals surface area contributed by atoms with Crippen LogP contribution in [0.3, 0.4) is 0 Å². The number of ether oxygens (including phenoxy) is 1. The number of hydrogen-bond donors (Lipinski definition) is 0. The zero-order valence-electron chi connectivity index (χ0n) is 13.6. The van der Waals surface area contributed by atoms with Gasteiger partial charge in [-0.15, -0.1) is 0 Å². The van der Waals surface area contributed by atoms with E-state index in [9.17, 15) is 9.59 Å². The Morgan fingerprint density at radius 1 is 1.09 bits per heavy atom. The van der Waals surface area contributed by atoms with Crippen LogP contribution in [0.2, 0.25) is 0 Å². The normalized spacial score (nSPS) is 15.4. The third-order valence-electron chi connectivity index (χ3n) is 3.92. The second-order valence-corrected chi connectivity index (χ2v) is 5.65. The molecule has 0 atom stereocenters. The van der Waals surface area contributed by atoms with Crippen LogP contribution in [0, 0.1) is 13.8 Å². The molecule has 1 heterocycles. The Bertz CT molecular complexity index is 557. The monoisotopic (exact) mass is 304 g/mol. The molecule has 0 aromatic heterocycles. The molecule has 5 nitrogen and oxygen atoms in total. The van der Waals surface area contributed by atoms with Crippen molar-refractivity contribution >= 4 is 12.0 Å². The van der Waals surface area contributed by atoms with E-state index in [0.29, 0.717) is 32.8 Å². The van der Waals surface area contributed by atoms with Gasteiger partial charge in [0.05, 0.1) is 6.61 Å². The smallest absolute Gasteiger partial charge is 0.409 e. The number of benzene rings is 1. The van der Waals surface area contributed by atoms with Crippen LogP contribution in [0.5, 0.6) is 0 Å². The van der Waals surface area contributed by atoms with Gasteiger partial charge in [0.15, 0.2) is 0 Å². The van der Waals surface area contributed by atoms with Crippen molar-refractivity contribution in [1.29, 1.82) is 0 Å². The fraction of sp³-hybridized carbons (Fsp3) is 0.529. The Labute approximate surface area is 131 Å². The SMILES string of the molecule is CCOC(=O)N1CCCN(C(=O)c2ccc(C)cc2C)CC1. The molecule has 22 heavy (non-hydrogen) atoms. The number of nitrogens with zero attached hydrogens (tertiary/aromatic N) is 2. The highest BCUT2D eigenvalue weighted by Gasteiger charge is 2.24. The molecule has 120 valence electrons. The molecule has 0 spiro atoms. The van der Waals surface area contributed by atoms with Crippen molar-refractivity contribution in [3.8, 4) is 0 Å². The summed E-state index contributed by atoms with van der Waals surface area (Å²) in [4.78, 5) is 28.0. The van der Waals surface area contributed by atoms with Gasteiger partial charge in [0.25, 0.3) is 5.91 Å². The molecule has 0 saturated carbocycles. The predicted molar refractivity (Wildman–Crippen MR) is 85.0 cm³/mol. The van der Waals surface area contributed by atoms with Crippen LogP contribution < -0.4 is 0 Å². The maximum absolute atomic E-state index is 12.7. The van der Waals surface area contributed by atoms with Crippen molar-refractivity contribution in [2.75, 3.05) is 32.8 Å². The van der Waals surface area contributed by atoms with Crippen molar-refractivity contribution in [3.05, 3.63) is 34.9 Å². The van der Waals surface area contributed by atoms with E-state index in [0.717, 1.165) is 23.1 Å². The van der Waals surface area contributed by atoms with Gasteiger partial charge in [0.1, 0.15) is 0 Å². The first-order chi connectivity index (χ1) is 10.5. The molecule has 1 aromatic rings. The molecule has 5 heteroatoms. The molecule has 1 aliphatic heterocycles. The van der Waals surface area contributed by atoms with E-state index in [4.69, 9.17) is 4.74 Å². The maximum atomic E-state index is 12.7. The number of carbonyl (C=O) groups excluding carboxylic acids is 2. The third kappa shape index (κ3) is 3.78. The Balaban J connectivity index is 2.04. The minimum absolute atomic E-state index is 0.0446. The zero-order valence-corrected chi connectivity index (χ0v) is 13.6. The van der Waals surface area contributed by atoms with Crippen LogP contribution in [0.25, 0.3) is 0 Å². The topological polar surface area (TPSA) is 49.9 Å². The maximum Gasteiger partial charge on any atom is 0.409 e. The number of carbonyl (C=O) groups is 2. The zero-order chi connectivity index (χ0) is 16.1. The predicted octanol–water partition coefficient (Wildman–Crippen LogP) is 2.61.